The maximum absolute atomic E-state index is 13.0. The van der Waals surface area contributed by atoms with Crippen molar-refractivity contribution in [1.29, 1.82) is 0 Å². The first-order valence-electron chi connectivity index (χ1n) is 11.6. The molecule has 1 N–H and O–H groups in total. The zero-order valence-electron chi connectivity index (χ0n) is 21.2. The zero-order chi connectivity index (χ0) is 28.7. The third-order valence-electron chi connectivity index (χ3n) is 5.11. The number of hydrogen-bond donors (Lipinski definition) is 1. The van der Waals surface area contributed by atoms with Gasteiger partial charge in [-0.2, -0.15) is 13.2 Å². The molecule has 0 aromatic heterocycles. The van der Waals surface area contributed by atoms with Crippen molar-refractivity contribution in [2.45, 2.75) is 74.1 Å². The molecule has 1 amide bonds. The summed E-state index contributed by atoms with van der Waals surface area (Å²) >= 11 is 7.48. The molecule has 38 heavy (non-hydrogen) atoms. The number of benzene rings is 2. The Morgan fingerprint density at radius 3 is 2.26 bits per heavy atom. The second kappa shape index (κ2) is 12.8. The lowest BCUT2D eigenvalue weighted by molar-refractivity contribution is -0.313. The molecule has 1 atom stereocenters. The van der Waals surface area contributed by atoms with Gasteiger partial charge in [-0.1, -0.05) is 35.5 Å². The molecule has 0 saturated carbocycles. The fourth-order valence-electron chi connectivity index (χ4n) is 3.39. The van der Waals surface area contributed by atoms with Crippen molar-refractivity contribution in [1.82, 2.24) is 5.32 Å². The lowest BCUT2D eigenvalue weighted by Crippen LogP contribution is -2.65. The Morgan fingerprint density at radius 2 is 1.71 bits per heavy atom. The van der Waals surface area contributed by atoms with Crippen molar-refractivity contribution in [3.05, 3.63) is 58.6 Å². The van der Waals surface area contributed by atoms with E-state index in [-0.39, 0.29) is 25.9 Å². The Kier molecular flexibility index (Phi) is 10.5. The molecule has 0 bridgehead atoms. The SMILES string of the molecule is CCOC(=O)C(CCCc1ccc(Sc2cccc(C(F)(F)F)c2)cc1Cl)(NC(=O)OC(C)(C)C)C(=O)[O-]. The molecule has 0 spiro atoms. The molecule has 0 radical (unpaired) electrons. The van der Waals surface area contributed by atoms with Crippen molar-refractivity contribution in [3.63, 3.8) is 0 Å². The lowest BCUT2D eigenvalue weighted by Gasteiger charge is -2.34. The molecular formula is C26H28ClF3NO6S-. The first-order chi connectivity index (χ1) is 17.6. The van der Waals surface area contributed by atoms with Crippen molar-refractivity contribution in [2.24, 2.45) is 0 Å². The van der Waals surface area contributed by atoms with Gasteiger partial charge in [-0.15, -0.1) is 0 Å². The highest BCUT2D eigenvalue weighted by Crippen LogP contribution is 2.36. The molecule has 0 aliphatic carbocycles. The quantitative estimate of drug-likeness (QED) is 0.299. The third-order valence-corrected chi connectivity index (χ3v) is 6.44. The number of halogens is 4. The summed E-state index contributed by atoms with van der Waals surface area (Å²) < 4.78 is 49.0. The van der Waals surface area contributed by atoms with Gasteiger partial charge < -0.3 is 24.7 Å². The van der Waals surface area contributed by atoms with Gasteiger partial charge in [0.25, 0.3) is 0 Å². The summed E-state index contributed by atoms with van der Waals surface area (Å²) in [5.41, 5.74) is -3.58. The topological polar surface area (TPSA) is 105 Å². The van der Waals surface area contributed by atoms with E-state index in [4.69, 9.17) is 21.1 Å². The van der Waals surface area contributed by atoms with Gasteiger partial charge in [0.15, 0.2) is 5.54 Å². The average Bonchev–Trinajstić information content (AvgIpc) is 2.78. The van der Waals surface area contributed by atoms with E-state index in [0.717, 1.165) is 23.9 Å². The predicted molar refractivity (Wildman–Crippen MR) is 134 cm³/mol. The van der Waals surface area contributed by atoms with Gasteiger partial charge in [-0.3, -0.25) is 0 Å². The minimum atomic E-state index is -4.46. The Balaban J connectivity index is 2.16. The number of carbonyl (C=O) groups excluding carboxylic acids is 3. The maximum Gasteiger partial charge on any atom is 0.416 e. The molecule has 7 nitrogen and oxygen atoms in total. The van der Waals surface area contributed by atoms with Crippen LogP contribution in [0, 0.1) is 0 Å². The van der Waals surface area contributed by atoms with E-state index in [9.17, 15) is 32.7 Å². The van der Waals surface area contributed by atoms with E-state index in [2.05, 4.69) is 5.32 Å². The normalized spacial score (nSPS) is 13.4. The summed E-state index contributed by atoms with van der Waals surface area (Å²) in [5.74, 6) is -3.04. The Bertz CT molecular complexity index is 1170. The Morgan fingerprint density at radius 1 is 1.05 bits per heavy atom. The second-order valence-corrected chi connectivity index (χ2v) is 10.8. The van der Waals surface area contributed by atoms with Gasteiger partial charge in [-0.25, -0.2) is 9.59 Å². The predicted octanol–water partition coefficient (Wildman–Crippen LogP) is 5.41. The fourth-order valence-corrected chi connectivity index (χ4v) is 4.65. The fraction of sp³-hybridized carbons (Fsp3) is 0.423. The number of nitrogens with one attached hydrogen (secondary N) is 1. The van der Waals surface area contributed by atoms with E-state index in [1.54, 1.807) is 45.0 Å². The summed E-state index contributed by atoms with van der Waals surface area (Å²) in [6.45, 7) is 6.10. The van der Waals surface area contributed by atoms with Gasteiger partial charge in [0.05, 0.1) is 18.1 Å². The smallest absolute Gasteiger partial charge is 0.416 e. The van der Waals surface area contributed by atoms with Gasteiger partial charge in [-0.05, 0) is 82.9 Å². The third kappa shape index (κ3) is 8.83. The Labute approximate surface area is 228 Å². The molecule has 208 valence electrons. The minimum absolute atomic E-state index is 0.0857. The number of carbonyl (C=O) groups is 3. The number of ether oxygens (including phenoxy) is 2. The van der Waals surface area contributed by atoms with Crippen LogP contribution in [0.1, 0.15) is 51.7 Å². The van der Waals surface area contributed by atoms with E-state index < -0.39 is 40.9 Å². The van der Waals surface area contributed by atoms with Crippen LogP contribution in [0.25, 0.3) is 0 Å². The Hall–Kier alpha value is -2.92. The molecule has 2 rings (SSSR count). The van der Waals surface area contributed by atoms with E-state index in [0.29, 0.717) is 20.4 Å². The average molecular weight is 575 g/mol. The highest BCUT2D eigenvalue weighted by atomic mass is 35.5. The standard InChI is InChI=1S/C26H29ClF3NO6S/c1-5-36-22(34)25(21(32)33,31-23(35)37-24(2,3)4)13-7-8-16-11-12-19(15-20(16)27)38-18-10-6-9-17(14-18)26(28,29)30/h6,9-12,14-15H,5,7-8,13H2,1-4H3,(H,31,35)(H,32,33)/p-1. The molecule has 0 aliphatic rings. The first-order valence-corrected chi connectivity index (χ1v) is 12.8. The number of rotatable bonds is 10. The van der Waals surface area contributed by atoms with Crippen LogP contribution in [0.4, 0.5) is 18.0 Å². The van der Waals surface area contributed by atoms with Crippen molar-refractivity contribution < 1.29 is 42.1 Å². The number of aliphatic carboxylic acids is 1. The number of amides is 1. The number of esters is 1. The minimum Gasteiger partial charge on any atom is -0.547 e. The summed E-state index contributed by atoms with van der Waals surface area (Å²) in [6, 6.07) is 9.80. The van der Waals surface area contributed by atoms with Gasteiger partial charge in [0, 0.05) is 14.8 Å². The summed E-state index contributed by atoms with van der Waals surface area (Å²) in [7, 11) is 0. The summed E-state index contributed by atoms with van der Waals surface area (Å²) in [6.07, 6.45) is -5.64. The number of alkyl halides is 3. The van der Waals surface area contributed by atoms with Crippen molar-refractivity contribution in [3.8, 4) is 0 Å². The molecule has 2 aromatic carbocycles. The van der Waals surface area contributed by atoms with E-state index in [1.165, 1.54) is 13.0 Å². The van der Waals surface area contributed by atoms with E-state index in [1.807, 2.05) is 0 Å². The van der Waals surface area contributed by atoms with Crippen LogP contribution in [0.15, 0.2) is 52.3 Å². The van der Waals surface area contributed by atoms with Gasteiger partial charge in [0.2, 0.25) is 0 Å². The largest absolute Gasteiger partial charge is 0.547 e. The van der Waals surface area contributed by atoms with Crippen molar-refractivity contribution >= 4 is 41.4 Å². The number of aryl methyl sites for hydroxylation is 1. The highest BCUT2D eigenvalue weighted by molar-refractivity contribution is 7.99. The van der Waals surface area contributed by atoms with Crippen LogP contribution in [0.2, 0.25) is 5.02 Å². The zero-order valence-corrected chi connectivity index (χ0v) is 22.8. The lowest BCUT2D eigenvalue weighted by atomic mass is 9.91. The summed E-state index contributed by atoms with van der Waals surface area (Å²) in [4.78, 5) is 38.0. The van der Waals surface area contributed by atoms with Crippen LogP contribution in [0.3, 0.4) is 0 Å². The molecule has 12 heteroatoms. The van der Waals surface area contributed by atoms with Crippen LogP contribution >= 0.6 is 23.4 Å². The van der Waals surface area contributed by atoms with Gasteiger partial charge >= 0.3 is 18.2 Å². The molecule has 0 saturated heterocycles. The molecular weight excluding hydrogens is 547 g/mol. The van der Waals surface area contributed by atoms with Gasteiger partial charge in [0.1, 0.15) is 5.60 Å². The maximum atomic E-state index is 13.0. The van der Waals surface area contributed by atoms with Crippen molar-refractivity contribution in [2.75, 3.05) is 6.61 Å². The van der Waals surface area contributed by atoms with Crippen LogP contribution < -0.4 is 10.4 Å². The molecule has 1 unspecified atom stereocenters. The molecule has 2 aromatic rings. The van der Waals surface area contributed by atoms with Crippen LogP contribution in [-0.4, -0.2) is 35.8 Å². The summed E-state index contributed by atoms with van der Waals surface area (Å²) in [5, 5.41) is 14.5. The number of hydrogen-bond acceptors (Lipinski definition) is 7. The monoisotopic (exact) mass is 574 g/mol. The molecule has 0 fully saturated rings. The van der Waals surface area contributed by atoms with Crippen LogP contribution in [0.5, 0.6) is 0 Å². The number of carboxylic acid groups (broad SMARTS) is 1. The second-order valence-electron chi connectivity index (χ2n) is 9.27. The molecule has 0 aliphatic heterocycles. The highest BCUT2D eigenvalue weighted by Gasteiger charge is 2.44. The first kappa shape index (κ1) is 31.3. The number of alkyl carbamates (subject to hydrolysis) is 1. The van der Waals surface area contributed by atoms with Crippen LogP contribution in [-0.2, 0) is 31.7 Å². The molecule has 0 heterocycles. The van der Waals surface area contributed by atoms with E-state index >= 15 is 0 Å². The number of carboxylic acids is 1.